The second kappa shape index (κ2) is 8.69. The molecule has 2 rings (SSSR count). The number of nitrogens with one attached hydrogen (secondary N) is 2. The van der Waals surface area contributed by atoms with Crippen molar-refractivity contribution in [2.24, 2.45) is 10.9 Å². The number of hydrogen-bond acceptors (Lipinski definition) is 3. The summed E-state index contributed by atoms with van der Waals surface area (Å²) < 4.78 is 0. The molecule has 0 saturated heterocycles. The van der Waals surface area contributed by atoms with Crippen LogP contribution in [-0.2, 0) is 13.0 Å². The second-order valence-corrected chi connectivity index (χ2v) is 7.84. The monoisotopic (exact) mass is 336 g/mol. The molecule has 23 heavy (non-hydrogen) atoms. The van der Waals surface area contributed by atoms with Crippen molar-refractivity contribution >= 4 is 17.3 Å². The lowest BCUT2D eigenvalue weighted by atomic mass is 10.1. The molecule has 0 spiro atoms. The van der Waals surface area contributed by atoms with Crippen LogP contribution in [0.25, 0.3) is 0 Å². The van der Waals surface area contributed by atoms with Crippen LogP contribution in [-0.4, -0.2) is 42.6 Å². The van der Waals surface area contributed by atoms with Crippen molar-refractivity contribution in [1.29, 1.82) is 0 Å². The summed E-state index contributed by atoms with van der Waals surface area (Å²) in [7, 11) is 0. The Morgan fingerprint density at radius 1 is 1.35 bits per heavy atom. The van der Waals surface area contributed by atoms with Gasteiger partial charge in [0.2, 0.25) is 0 Å². The second-order valence-electron chi connectivity index (χ2n) is 6.84. The van der Waals surface area contributed by atoms with Gasteiger partial charge in [-0.2, -0.15) is 0 Å². The Balaban J connectivity index is 1.90. The number of fused-ring (bicyclic) bond motifs is 1. The van der Waals surface area contributed by atoms with Gasteiger partial charge in [0.05, 0.1) is 6.54 Å². The van der Waals surface area contributed by atoms with E-state index in [2.05, 4.69) is 61.6 Å². The molecule has 0 aromatic carbocycles. The summed E-state index contributed by atoms with van der Waals surface area (Å²) in [6.45, 7) is 15.0. The highest BCUT2D eigenvalue weighted by Gasteiger charge is 2.21. The fourth-order valence-corrected chi connectivity index (χ4v) is 3.58. The Morgan fingerprint density at radius 2 is 2.13 bits per heavy atom. The third-order valence-corrected chi connectivity index (χ3v) is 5.71. The van der Waals surface area contributed by atoms with Gasteiger partial charge in [-0.3, -0.25) is 9.89 Å². The molecule has 0 bridgehead atoms. The zero-order valence-corrected chi connectivity index (χ0v) is 16.0. The molecule has 2 atom stereocenters. The molecule has 2 unspecified atom stereocenters. The molecule has 1 aliphatic rings. The van der Waals surface area contributed by atoms with Gasteiger partial charge in [-0.05, 0) is 50.1 Å². The largest absolute Gasteiger partial charge is 0.357 e. The molecule has 2 N–H and O–H groups in total. The van der Waals surface area contributed by atoms with E-state index in [1.54, 1.807) is 4.88 Å². The highest BCUT2D eigenvalue weighted by Crippen LogP contribution is 2.25. The third kappa shape index (κ3) is 5.21. The van der Waals surface area contributed by atoms with E-state index in [1.165, 1.54) is 12.0 Å². The zero-order valence-electron chi connectivity index (χ0n) is 15.2. The van der Waals surface area contributed by atoms with Crippen LogP contribution in [0.5, 0.6) is 0 Å². The number of thiophene rings is 1. The van der Waals surface area contributed by atoms with E-state index in [1.807, 2.05) is 11.3 Å². The summed E-state index contributed by atoms with van der Waals surface area (Å²) >= 11 is 1.90. The first-order valence-corrected chi connectivity index (χ1v) is 9.73. The van der Waals surface area contributed by atoms with Crippen LogP contribution >= 0.6 is 11.3 Å². The highest BCUT2D eigenvalue weighted by molar-refractivity contribution is 7.10. The summed E-state index contributed by atoms with van der Waals surface area (Å²) in [4.78, 5) is 8.93. The van der Waals surface area contributed by atoms with Crippen LogP contribution in [0.2, 0.25) is 0 Å². The van der Waals surface area contributed by atoms with Crippen molar-refractivity contribution in [3.05, 3.63) is 21.9 Å². The van der Waals surface area contributed by atoms with Crippen LogP contribution in [0.4, 0.5) is 0 Å². The lowest BCUT2D eigenvalue weighted by Crippen LogP contribution is -2.45. The van der Waals surface area contributed by atoms with Crippen molar-refractivity contribution in [3.8, 4) is 0 Å². The molecule has 0 radical (unpaired) electrons. The molecule has 1 aliphatic heterocycles. The van der Waals surface area contributed by atoms with Gasteiger partial charge < -0.3 is 10.6 Å². The maximum absolute atomic E-state index is 4.81. The quantitative estimate of drug-likeness (QED) is 0.619. The molecule has 1 aromatic heterocycles. The summed E-state index contributed by atoms with van der Waals surface area (Å²) in [5.41, 5.74) is 1.51. The molecule has 2 heterocycles. The number of guanidine groups is 1. The molecule has 130 valence electrons. The Hall–Kier alpha value is -1.07. The normalized spacial score (nSPS) is 18.6. The number of hydrogen-bond donors (Lipinski definition) is 2. The van der Waals surface area contributed by atoms with E-state index in [-0.39, 0.29) is 0 Å². The van der Waals surface area contributed by atoms with E-state index in [0.717, 1.165) is 32.1 Å². The van der Waals surface area contributed by atoms with Gasteiger partial charge >= 0.3 is 0 Å². The van der Waals surface area contributed by atoms with Crippen LogP contribution < -0.4 is 10.6 Å². The van der Waals surface area contributed by atoms with Gasteiger partial charge in [-0.1, -0.05) is 13.8 Å². The molecule has 0 aliphatic carbocycles. The predicted molar refractivity (Wildman–Crippen MR) is 101 cm³/mol. The van der Waals surface area contributed by atoms with Crippen molar-refractivity contribution < 1.29 is 0 Å². The minimum atomic E-state index is 0.423. The first kappa shape index (κ1) is 18.3. The lowest BCUT2D eigenvalue weighted by Gasteiger charge is -2.31. The average molecular weight is 337 g/mol. The first-order chi connectivity index (χ1) is 11.0. The molecule has 0 amide bonds. The molecule has 1 aromatic rings. The van der Waals surface area contributed by atoms with E-state index >= 15 is 0 Å². The SMILES string of the molecule is CCNC(=NCC(C)N1CCc2sccc2C1)NC(C)C(C)C. The molecule has 0 fully saturated rings. The van der Waals surface area contributed by atoms with Crippen molar-refractivity contribution in [1.82, 2.24) is 15.5 Å². The van der Waals surface area contributed by atoms with Crippen LogP contribution in [0.1, 0.15) is 45.1 Å². The smallest absolute Gasteiger partial charge is 0.191 e. The summed E-state index contributed by atoms with van der Waals surface area (Å²) in [6, 6.07) is 3.16. The fourth-order valence-electron chi connectivity index (χ4n) is 2.69. The van der Waals surface area contributed by atoms with E-state index < -0.39 is 0 Å². The third-order valence-electron chi connectivity index (χ3n) is 4.68. The Labute approximate surface area is 145 Å². The summed E-state index contributed by atoms with van der Waals surface area (Å²) in [5.74, 6) is 1.53. The van der Waals surface area contributed by atoms with Crippen molar-refractivity contribution in [2.45, 2.75) is 59.7 Å². The molecule has 0 saturated carbocycles. The van der Waals surface area contributed by atoms with Crippen LogP contribution in [0, 0.1) is 5.92 Å². The van der Waals surface area contributed by atoms with Crippen LogP contribution in [0.3, 0.4) is 0 Å². The van der Waals surface area contributed by atoms with Gasteiger partial charge in [0.25, 0.3) is 0 Å². The van der Waals surface area contributed by atoms with Gasteiger partial charge in [-0.15, -0.1) is 11.3 Å². The Bertz CT molecular complexity index is 509. The van der Waals surface area contributed by atoms with Crippen LogP contribution in [0.15, 0.2) is 16.4 Å². The average Bonchev–Trinajstić information content (AvgIpc) is 2.99. The van der Waals surface area contributed by atoms with Gasteiger partial charge in [0, 0.05) is 36.6 Å². The number of nitrogens with zero attached hydrogens (tertiary/aromatic N) is 2. The van der Waals surface area contributed by atoms with Crippen molar-refractivity contribution in [3.63, 3.8) is 0 Å². The van der Waals surface area contributed by atoms with Crippen molar-refractivity contribution in [2.75, 3.05) is 19.6 Å². The minimum Gasteiger partial charge on any atom is -0.357 e. The highest BCUT2D eigenvalue weighted by atomic mass is 32.1. The molecular weight excluding hydrogens is 304 g/mol. The Morgan fingerprint density at radius 3 is 2.83 bits per heavy atom. The minimum absolute atomic E-state index is 0.423. The fraction of sp³-hybridized carbons (Fsp3) is 0.722. The lowest BCUT2D eigenvalue weighted by molar-refractivity contribution is 0.197. The summed E-state index contributed by atoms with van der Waals surface area (Å²) in [5, 5.41) is 9.09. The van der Waals surface area contributed by atoms with E-state index in [0.29, 0.717) is 18.0 Å². The maximum Gasteiger partial charge on any atom is 0.191 e. The number of rotatable bonds is 6. The van der Waals surface area contributed by atoms with Gasteiger partial charge in [-0.25, -0.2) is 0 Å². The Kier molecular flexibility index (Phi) is 6.90. The first-order valence-electron chi connectivity index (χ1n) is 8.85. The summed E-state index contributed by atoms with van der Waals surface area (Å²) in [6.07, 6.45) is 1.18. The van der Waals surface area contributed by atoms with Gasteiger partial charge in [0.1, 0.15) is 0 Å². The molecule has 5 heteroatoms. The van der Waals surface area contributed by atoms with Gasteiger partial charge in [0.15, 0.2) is 5.96 Å². The van der Waals surface area contributed by atoms with E-state index in [9.17, 15) is 0 Å². The molecular formula is C18H32N4S. The zero-order chi connectivity index (χ0) is 16.8. The standard InChI is InChI=1S/C18H32N4S/c1-6-19-18(21-15(5)13(2)3)20-11-14(4)22-9-7-17-16(12-22)8-10-23-17/h8,10,13-15H,6-7,9,11-12H2,1-5H3,(H2,19,20,21). The number of aliphatic imine (C=N–C) groups is 1. The predicted octanol–water partition coefficient (Wildman–Crippen LogP) is 3.09. The van der Waals surface area contributed by atoms with E-state index in [4.69, 9.17) is 4.99 Å². The maximum atomic E-state index is 4.81. The topological polar surface area (TPSA) is 39.7 Å². The molecule has 4 nitrogen and oxygen atoms in total.